The molecule has 11 rings (SSSR count). The Morgan fingerprint density at radius 2 is 0.924 bits per heavy atom. The first-order valence-electron chi connectivity index (χ1n) is 22.5. The fourth-order valence-corrected chi connectivity index (χ4v) is 9.23. The van der Waals surface area contributed by atoms with Crippen molar-refractivity contribution in [2.75, 3.05) is 0 Å². The van der Waals surface area contributed by atoms with E-state index in [0.717, 1.165) is 72.6 Å². The van der Waals surface area contributed by atoms with Gasteiger partial charge in [0.1, 0.15) is 0 Å². The smallest absolute Gasteiger partial charge is 0.164 e. The minimum absolute atomic E-state index is 0.0622. The zero-order valence-electron chi connectivity index (χ0n) is 37.2. The molecule has 3 heterocycles. The molecule has 0 unspecified atom stereocenters. The van der Waals surface area contributed by atoms with E-state index in [1.165, 1.54) is 21.7 Å². The maximum absolute atomic E-state index is 5.23. The van der Waals surface area contributed by atoms with Gasteiger partial charge in [-0.15, -0.1) is 0 Å². The Hall–Kier alpha value is -8.41. The van der Waals surface area contributed by atoms with Gasteiger partial charge >= 0.3 is 0 Å². The van der Waals surface area contributed by atoms with Crippen molar-refractivity contribution >= 4 is 38.8 Å². The van der Waals surface area contributed by atoms with E-state index < -0.39 is 0 Å². The van der Waals surface area contributed by atoms with Gasteiger partial charge in [-0.2, -0.15) is 0 Å². The Balaban J connectivity index is 1.24. The standard InChI is InChI=1S/C61H47N5/c1-5-6-30-48-36-45-29-19-20-31-54(45)65(48)49-33-35-56-53(40-49)52-39-47(61(2,3)4)32-34-55(52)66(56)57-50(41-21-11-7-12-22-41)37-46(38-51(57)42-23-13-8-14-24-42)60-63-58(43-25-15-9-16-26-43)62-59(64-60)44-27-17-10-18-28-44/h5-40H,1H2,2-4H3/b30-6-. The molecular formula is C61H47N5. The number of hydrogen-bond acceptors (Lipinski definition) is 3. The molecule has 0 amide bonds. The summed E-state index contributed by atoms with van der Waals surface area (Å²) in [5, 5.41) is 3.55. The molecule has 0 atom stereocenters. The van der Waals surface area contributed by atoms with Crippen LogP contribution in [0.3, 0.4) is 0 Å². The van der Waals surface area contributed by atoms with Crippen LogP contribution < -0.4 is 0 Å². The van der Waals surface area contributed by atoms with Crippen LogP contribution >= 0.6 is 0 Å². The third-order valence-corrected chi connectivity index (χ3v) is 12.5. The van der Waals surface area contributed by atoms with Crippen LogP contribution in [0.2, 0.25) is 0 Å². The number of allylic oxidation sites excluding steroid dienone is 2. The number of hydrogen-bond donors (Lipinski definition) is 0. The number of nitrogens with zero attached hydrogens (tertiary/aromatic N) is 5. The number of para-hydroxylation sites is 1. The Bertz CT molecular complexity index is 3490. The number of benzene rings is 8. The summed E-state index contributed by atoms with van der Waals surface area (Å²) < 4.78 is 4.84. The van der Waals surface area contributed by atoms with E-state index in [1.807, 2.05) is 48.6 Å². The average Bonchev–Trinajstić information content (AvgIpc) is 3.90. The van der Waals surface area contributed by atoms with E-state index in [9.17, 15) is 0 Å². The minimum Gasteiger partial charge on any atom is -0.310 e. The van der Waals surface area contributed by atoms with Gasteiger partial charge in [-0.25, -0.2) is 15.0 Å². The fraction of sp³-hybridized carbons (Fsp3) is 0.0656. The van der Waals surface area contributed by atoms with Gasteiger partial charge in [-0.1, -0.05) is 185 Å². The summed E-state index contributed by atoms with van der Waals surface area (Å²) in [5.41, 5.74) is 14.9. The lowest BCUT2D eigenvalue weighted by molar-refractivity contribution is 0.591. The second-order valence-electron chi connectivity index (χ2n) is 17.8. The molecule has 0 aliphatic carbocycles. The molecule has 0 spiro atoms. The van der Waals surface area contributed by atoms with Crippen molar-refractivity contribution in [2.24, 2.45) is 0 Å². The van der Waals surface area contributed by atoms with Crippen LogP contribution in [0, 0.1) is 0 Å². The molecule has 8 aromatic carbocycles. The van der Waals surface area contributed by atoms with E-state index in [4.69, 9.17) is 15.0 Å². The van der Waals surface area contributed by atoms with Gasteiger partial charge in [0.15, 0.2) is 17.5 Å². The number of rotatable bonds is 9. The quantitative estimate of drug-likeness (QED) is 0.136. The zero-order valence-corrected chi connectivity index (χ0v) is 37.2. The van der Waals surface area contributed by atoms with E-state index in [2.05, 4.69) is 206 Å². The molecule has 316 valence electrons. The van der Waals surface area contributed by atoms with Crippen LogP contribution in [0.25, 0.3) is 107 Å². The predicted octanol–water partition coefficient (Wildman–Crippen LogP) is 15.7. The van der Waals surface area contributed by atoms with E-state index in [0.29, 0.717) is 17.5 Å². The van der Waals surface area contributed by atoms with Gasteiger partial charge < -0.3 is 9.13 Å². The van der Waals surface area contributed by atoms with Crippen molar-refractivity contribution in [2.45, 2.75) is 26.2 Å². The van der Waals surface area contributed by atoms with Crippen molar-refractivity contribution in [3.63, 3.8) is 0 Å². The average molecular weight is 850 g/mol. The maximum atomic E-state index is 5.23. The highest BCUT2D eigenvalue weighted by Gasteiger charge is 2.25. The minimum atomic E-state index is -0.0622. The summed E-state index contributed by atoms with van der Waals surface area (Å²) >= 11 is 0. The highest BCUT2D eigenvalue weighted by Crippen LogP contribution is 2.45. The first-order chi connectivity index (χ1) is 32.3. The highest BCUT2D eigenvalue weighted by molar-refractivity contribution is 6.12. The van der Waals surface area contributed by atoms with Gasteiger partial charge in [0.05, 0.1) is 22.2 Å². The molecule has 66 heavy (non-hydrogen) atoms. The molecule has 5 nitrogen and oxygen atoms in total. The normalized spacial score (nSPS) is 11.9. The zero-order chi connectivity index (χ0) is 44.8. The van der Waals surface area contributed by atoms with Crippen molar-refractivity contribution in [1.82, 2.24) is 24.1 Å². The van der Waals surface area contributed by atoms with E-state index in [1.54, 1.807) is 0 Å². The highest BCUT2D eigenvalue weighted by atomic mass is 15.0. The van der Waals surface area contributed by atoms with Crippen molar-refractivity contribution in [1.29, 1.82) is 0 Å². The SMILES string of the molecule is C=C/C=C\c1cc2ccccc2n1-c1ccc2c(c1)c1cc(C(C)(C)C)ccc1n2-c1c(-c2ccccc2)cc(-c2nc(-c3ccccc3)nc(-c3ccccc3)n2)cc1-c1ccccc1. The van der Waals surface area contributed by atoms with Crippen molar-refractivity contribution in [3.8, 4) is 67.8 Å². The third kappa shape index (κ3) is 7.31. The predicted molar refractivity (Wildman–Crippen MR) is 276 cm³/mol. The molecular weight excluding hydrogens is 803 g/mol. The molecule has 0 radical (unpaired) electrons. The summed E-state index contributed by atoms with van der Waals surface area (Å²) in [6.07, 6.45) is 5.97. The molecule has 0 aliphatic rings. The topological polar surface area (TPSA) is 48.5 Å². The van der Waals surface area contributed by atoms with E-state index >= 15 is 0 Å². The second-order valence-corrected chi connectivity index (χ2v) is 17.8. The van der Waals surface area contributed by atoms with Gasteiger partial charge in [-0.05, 0) is 82.8 Å². The molecule has 0 bridgehead atoms. The molecule has 0 saturated carbocycles. The van der Waals surface area contributed by atoms with Crippen LogP contribution in [0.5, 0.6) is 0 Å². The fourth-order valence-electron chi connectivity index (χ4n) is 9.23. The Morgan fingerprint density at radius 3 is 1.47 bits per heavy atom. The van der Waals surface area contributed by atoms with Gasteiger partial charge in [0, 0.05) is 55.4 Å². The third-order valence-electron chi connectivity index (χ3n) is 12.5. The molecule has 0 fully saturated rings. The first-order valence-corrected chi connectivity index (χ1v) is 22.5. The second kappa shape index (κ2) is 16.6. The van der Waals surface area contributed by atoms with Crippen LogP contribution in [-0.4, -0.2) is 24.1 Å². The summed E-state index contributed by atoms with van der Waals surface area (Å²) in [7, 11) is 0. The van der Waals surface area contributed by atoms with Crippen LogP contribution in [0.4, 0.5) is 0 Å². The number of fused-ring (bicyclic) bond motifs is 4. The molecule has 5 heteroatoms. The monoisotopic (exact) mass is 849 g/mol. The summed E-state index contributed by atoms with van der Waals surface area (Å²) in [5.74, 6) is 1.85. The van der Waals surface area contributed by atoms with Crippen LogP contribution in [0.1, 0.15) is 32.0 Å². The summed E-state index contributed by atoms with van der Waals surface area (Å²) in [6, 6.07) is 71.1. The Kier molecular flexibility index (Phi) is 10.2. The molecule has 3 aromatic heterocycles. The largest absolute Gasteiger partial charge is 0.310 e. The molecule has 0 N–H and O–H groups in total. The summed E-state index contributed by atoms with van der Waals surface area (Å²) in [6.45, 7) is 10.8. The summed E-state index contributed by atoms with van der Waals surface area (Å²) in [4.78, 5) is 15.5. The van der Waals surface area contributed by atoms with Gasteiger partial charge in [-0.3, -0.25) is 0 Å². The number of aromatic nitrogens is 5. The Labute approximate surface area is 385 Å². The molecule has 11 aromatic rings. The Morgan fingerprint density at radius 1 is 0.439 bits per heavy atom. The maximum Gasteiger partial charge on any atom is 0.164 e. The molecule has 0 aliphatic heterocycles. The van der Waals surface area contributed by atoms with Crippen molar-refractivity contribution in [3.05, 3.63) is 230 Å². The lowest BCUT2D eigenvalue weighted by atomic mass is 9.86. The molecule has 0 saturated heterocycles. The van der Waals surface area contributed by atoms with Crippen LogP contribution in [-0.2, 0) is 5.41 Å². The lowest BCUT2D eigenvalue weighted by Gasteiger charge is -2.22. The lowest BCUT2D eigenvalue weighted by Crippen LogP contribution is -2.10. The van der Waals surface area contributed by atoms with Crippen LogP contribution in [0.15, 0.2) is 219 Å². The van der Waals surface area contributed by atoms with E-state index in [-0.39, 0.29) is 5.41 Å². The first kappa shape index (κ1) is 40.4. The van der Waals surface area contributed by atoms with Gasteiger partial charge in [0.2, 0.25) is 0 Å². The van der Waals surface area contributed by atoms with Crippen molar-refractivity contribution < 1.29 is 0 Å². The van der Waals surface area contributed by atoms with Gasteiger partial charge in [0.25, 0.3) is 0 Å².